The van der Waals surface area contributed by atoms with E-state index in [-0.39, 0.29) is 17.6 Å². The molecule has 0 amide bonds. The van der Waals surface area contributed by atoms with Gasteiger partial charge >= 0.3 is 0 Å². The first-order chi connectivity index (χ1) is 9.40. The maximum absolute atomic E-state index is 14.1. The second kappa shape index (κ2) is 4.78. The van der Waals surface area contributed by atoms with Gasteiger partial charge in [-0.3, -0.25) is 0 Å². The fourth-order valence-electron chi connectivity index (χ4n) is 3.88. The van der Waals surface area contributed by atoms with E-state index >= 15 is 0 Å². The van der Waals surface area contributed by atoms with Crippen LogP contribution in [0.2, 0.25) is 0 Å². The van der Waals surface area contributed by atoms with Gasteiger partial charge < -0.3 is 10.0 Å². The van der Waals surface area contributed by atoms with Crippen LogP contribution >= 0.6 is 0 Å². The lowest BCUT2D eigenvalue weighted by Gasteiger charge is -2.50. The summed E-state index contributed by atoms with van der Waals surface area (Å²) >= 11 is 0. The van der Waals surface area contributed by atoms with Crippen LogP contribution in [0.25, 0.3) is 0 Å². The highest BCUT2D eigenvalue weighted by Crippen LogP contribution is 2.44. The van der Waals surface area contributed by atoms with E-state index in [4.69, 9.17) is 0 Å². The number of piperidine rings is 2. The van der Waals surface area contributed by atoms with Gasteiger partial charge in [0.15, 0.2) is 0 Å². The summed E-state index contributed by atoms with van der Waals surface area (Å²) in [7, 11) is 2.08. The maximum Gasteiger partial charge on any atom is 0.132 e. The molecule has 0 aromatic heterocycles. The van der Waals surface area contributed by atoms with Crippen molar-refractivity contribution >= 4 is 0 Å². The minimum atomic E-state index is -1.16. The highest BCUT2D eigenvalue weighted by Gasteiger charge is 2.46. The molecular weight excluding hydrogens is 260 g/mol. The van der Waals surface area contributed by atoms with Crippen LogP contribution in [0.15, 0.2) is 12.1 Å². The van der Waals surface area contributed by atoms with Gasteiger partial charge in [-0.05, 0) is 51.3 Å². The van der Waals surface area contributed by atoms with Crippen molar-refractivity contribution < 1.29 is 13.9 Å². The largest absolute Gasteiger partial charge is 0.385 e. The molecule has 1 aromatic carbocycles. The summed E-state index contributed by atoms with van der Waals surface area (Å²) in [5, 5.41) is 11.0. The predicted octanol–water partition coefficient (Wildman–Crippen LogP) is 3.11. The molecule has 4 heteroatoms. The molecule has 0 aliphatic carbocycles. The zero-order valence-corrected chi connectivity index (χ0v) is 12.0. The fourth-order valence-corrected chi connectivity index (χ4v) is 3.88. The topological polar surface area (TPSA) is 23.5 Å². The molecule has 2 aliphatic heterocycles. The van der Waals surface area contributed by atoms with E-state index in [9.17, 15) is 13.9 Å². The van der Waals surface area contributed by atoms with Crippen molar-refractivity contribution in [2.45, 2.75) is 56.7 Å². The summed E-state index contributed by atoms with van der Waals surface area (Å²) < 4.78 is 27.5. The van der Waals surface area contributed by atoms with Crippen LogP contribution in [0.4, 0.5) is 8.78 Å². The van der Waals surface area contributed by atoms with Crippen molar-refractivity contribution in [3.05, 3.63) is 34.9 Å². The third-order valence-electron chi connectivity index (χ3n) is 5.12. The highest BCUT2D eigenvalue weighted by atomic mass is 19.1. The van der Waals surface area contributed by atoms with E-state index in [2.05, 4.69) is 11.9 Å². The molecule has 2 nitrogen and oxygen atoms in total. The zero-order chi connectivity index (χ0) is 14.5. The van der Waals surface area contributed by atoms with Crippen molar-refractivity contribution in [1.29, 1.82) is 0 Å². The summed E-state index contributed by atoms with van der Waals surface area (Å²) in [6.45, 7) is 1.61. The summed E-state index contributed by atoms with van der Waals surface area (Å²) in [5.74, 6) is -1.18. The molecule has 0 spiro atoms. The summed E-state index contributed by atoms with van der Waals surface area (Å²) in [6, 6.07) is 2.96. The molecule has 1 aromatic rings. The zero-order valence-electron chi connectivity index (χ0n) is 12.0. The van der Waals surface area contributed by atoms with Crippen molar-refractivity contribution in [2.24, 2.45) is 0 Å². The molecule has 1 N–H and O–H groups in total. The molecular formula is C16H21F2NO. The van der Waals surface area contributed by atoms with Gasteiger partial charge in [0.25, 0.3) is 0 Å². The average Bonchev–Trinajstić information content (AvgIpc) is 2.36. The standard InChI is InChI=1S/C16H21F2NO/c1-10-6-13(15(18)7-14(10)17)16(20)8-11-4-3-5-12(9-16)19(11)2/h6-7,11-12,20H,3-5,8-9H2,1-2H3. The van der Waals surface area contributed by atoms with Crippen molar-refractivity contribution in [3.63, 3.8) is 0 Å². The van der Waals surface area contributed by atoms with Crippen LogP contribution in [0.5, 0.6) is 0 Å². The van der Waals surface area contributed by atoms with Crippen molar-refractivity contribution in [3.8, 4) is 0 Å². The van der Waals surface area contributed by atoms with Crippen LogP contribution in [0.3, 0.4) is 0 Å². The molecule has 0 radical (unpaired) electrons. The summed E-state index contributed by atoms with van der Waals surface area (Å²) in [5.41, 5.74) is -0.509. The number of aryl methyl sites for hydroxylation is 1. The number of benzene rings is 1. The number of fused-ring (bicyclic) bond motifs is 2. The maximum atomic E-state index is 14.1. The molecule has 2 heterocycles. The Kier molecular flexibility index (Phi) is 3.33. The van der Waals surface area contributed by atoms with E-state index in [0.717, 1.165) is 18.9 Å². The SMILES string of the molecule is Cc1cc(C2(O)CC3CCCC(C2)N3C)c(F)cc1F. The number of hydrogen-bond acceptors (Lipinski definition) is 2. The van der Waals surface area contributed by atoms with E-state index in [1.165, 1.54) is 12.5 Å². The molecule has 2 saturated heterocycles. The molecule has 0 saturated carbocycles. The number of rotatable bonds is 1. The van der Waals surface area contributed by atoms with E-state index in [1.54, 1.807) is 6.92 Å². The van der Waals surface area contributed by atoms with Gasteiger partial charge in [0.1, 0.15) is 11.6 Å². The Bertz CT molecular complexity index is 517. The van der Waals surface area contributed by atoms with Crippen LogP contribution in [0.1, 0.15) is 43.2 Å². The third kappa shape index (κ3) is 2.15. The highest BCUT2D eigenvalue weighted by molar-refractivity contribution is 5.31. The first kappa shape index (κ1) is 14.0. The predicted molar refractivity (Wildman–Crippen MR) is 73.4 cm³/mol. The van der Waals surface area contributed by atoms with Crippen molar-refractivity contribution in [1.82, 2.24) is 4.90 Å². The Balaban J connectivity index is 1.99. The van der Waals surface area contributed by atoms with Gasteiger partial charge in [-0.1, -0.05) is 6.42 Å². The molecule has 2 aliphatic rings. The van der Waals surface area contributed by atoms with Crippen LogP contribution in [0, 0.1) is 18.6 Å². The van der Waals surface area contributed by atoms with Gasteiger partial charge in [-0.15, -0.1) is 0 Å². The molecule has 2 atom stereocenters. The summed E-state index contributed by atoms with van der Waals surface area (Å²) in [4.78, 5) is 2.31. The minimum Gasteiger partial charge on any atom is -0.385 e. The molecule has 3 rings (SSSR count). The molecule has 2 fully saturated rings. The first-order valence-electron chi connectivity index (χ1n) is 7.31. The van der Waals surface area contributed by atoms with Crippen LogP contribution in [-0.4, -0.2) is 29.1 Å². The Morgan fingerprint density at radius 3 is 2.35 bits per heavy atom. The molecule has 20 heavy (non-hydrogen) atoms. The third-order valence-corrected chi connectivity index (χ3v) is 5.12. The smallest absolute Gasteiger partial charge is 0.132 e. The number of hydrogen-bond donors (Lipinski definition) is 1. The Hall–Kier alpha value is -1.00. The number of nitrogens with zero attached hydrogens (tertiary/aromatic N) is 1. The van der Waals surface area contributed by atoms with Gasteiger partial charge in [0, 0.05) is 23.7 Å². The second-order valence-corrected chi connectivity index (χ2v) is 6.43. The average molecular weight is 281 g/mol. The van der Waals surface area contributed by atoms with Gasteiger partial charge in [-0.25, -0.2) is 8.78 Å². The van der Waals surface area contributed by atoms with Crippen molar-refractivity contribution in [2.75, 3.05) is 7.05 Å². The fraction of sp³-hybridized carbons (Fsp3) is 0.625. The Labute approximate surface area is 118 Å². The Morgan fingerprint density at radius 1 is 1.15 bits per heavy atom. The molecule has 110 valence electrons. The lowest BCUT2D eigenvalue weighted by atomic mass is 9.72. The Morgan fingerprint density at radius 2 is 1.75 bits per heavy atom. The lowest BCUT2D eigenvalue weighted by molar-refractivity contribution is -0.0892. The first-order valence-corrected chi connectivity index (χ1v) is 7.31. The minimum absolute atomic E-state index is 0.265. The number of aliphatic hydroxyl groups is 1. The monoisotopic (exact) mass is 281 g/mol. The van der Waals surface area contributed by atoms with Gasteiger partial charge in [-0.2, -0.15) is 0 Å². The van der Waals surface area contributed by atoms with Gasteiger partial charge in [0.2, 0.25) is 0 Å². The van der Waals surface area contributed by atoms with E-state index < -0.39 is 17.2 Å². The summed E-state index contributed by atoms with van der Waals surface area (Å²) in [6.07, 6.45) is 4.30. The molecule has 2 bridgehead atoms. The lowest BCUT2D eigenvalue weighted by Crippen LogP contribution is -2.55. The second-order valence-electron chi connectivity index (χ2n) is 6.43. The molecule has 2 unspecified atom stereocenters. The van der Waals surface area contributed by atoms with E-state index in [0.29, 0.717) is 18.4 Å². The normalized spacial score (nSPS) is 34.2. The quantitative estimate of drug-likeness (QED) is 0.855. The van der Waals surface area contributed by atoms with E-state index in [1.807, 2.05) is 0 Å². The van der Waals surface area contributed by atoms with Gasteiger partial charge in [0.05, 0.1) is 5.60 Å². The number of halogens is 2. The van der Waals surface area contributed by atoms with Crippen LogP contribution in [-0.2, 0) is 5.60 Å². The van der Waals surface area contributed by atoms with Crippen LogP contribution < -0.4 is 0 Å².